The van der Waals surface area contributed by atoms with Gasteiger partial charge < -0.3 is 30.9 Å². The van der Waals surface area contributed by atoms with Crippen molar-refractivity contribution in [2.24, 2.45) is 5.73 Å². The van der Waals surface area contributed by atoms with E-state index in [4.69, 9.17) is 20.7 Å². The molecule has 180 valence electrons. The number of nitrogens with two attached hydrogens (primary N) is 1. The second kappa shape index (κ2) is 12.1. The minimum absolute atomic E-state index is 0.483. The van der Waals surface area contributed by atoms with Gasteiger partial charge in [0.25, 0.3) is 5.69 Å². The molecule has 1 aromatic carbocycles. The molecule has 15 nitrogen and oxygen atoms in total. The zero-order valence-corrected chi connectivity index (χ0v) is 16.8. The van der Waals surface area contributed by atoms with Crippen LogP contribution in [0.2, 0.25) is 0 Å². The Morgan fingerprint density at radius 2 is 1.61 bits per heavy atom. The van der Waals surface area contributed by atoms with Crippen molar-refractivity contribution in [1.82, 2.24) is 5.32 Å². The first-order chi connectivity index (χ1) is 15.3. The topological polar surface area (TPSA) is 257 Å². The number of nitro groups is 1. The number of carbonyl (C=O) groups is 5. The van der Waals surface area contributed by atoms with E-state index in [9.17, 15) is 44.3 Å². The lowest BCUT2D eigenvalue weighted by atomic mass is 10.0. The maximum absolute atomic E-state index is 12.7. The lowest BCUT2D eigenvalue weighted by Crippen LogP contribution is -2.51. The quantitative estimate of drug-likeness (QED) is 0.112. The Labute approximate surface area is 184 Å². The molecule has 0 amide bonds. The number of nitro benzene ring substituents is 1. The number of para-hydroxylation sites is 1. The first kappa shape index (κ1) is 26.9. The average molecular weight is 471 g/mol. The molecule has 0 saturated carbocycles. The third-order valence-corrected chi connectivity index (χ3v) is 4.31. The molecule has 0 spiro atoms. The van der Waals surface area contributed by atoms with Gasteiger partial charge in [-0.25, -0.2) is 4.79 Å². The minimum atomic E-state index is -2.17. The number of hydrogen-bond donors (Lipinski definition) is 6. The molecule has 0 radical (unpaired) electrons. The van der Waals surface area contributed by atoms with Crippen LogP contribution in [-0.2, 0) is 28.7 Å². The summed E-state index contributed by atoms with van der Waals surface area (Å²) in [6, 6.07) is -0.566. The highest BCUT2D eigenvalue weighted by Gasteiger charge is 2.36. The molecule has 1 rings (SSSR count). The van der Waals surface area contributed by atoms with Gasteiger partial charge in [0.1, 0.15) is 18.1 Å². The van der Waals surface area contributed by atoms with Gasteiger partial charge in [0, 0.05) is 12.5 Å². The van der Waals surface area contributed by atoms with Crippen molar-refractivity contribution in [2.45, 2.75) is 43.5 Å². The van der Waals surface area contributed by atoms with Crippen molar-refractivity contribution in [3.8, 4) is 0 Å². The van der Waals surface area contributed by atoms with Gasteiger partial charge in [0.05, 0.1) is 10.5 Å². The highest BCUT2D eigenvalue weighted by Crippen LogP contribution is 2.28. The summed E-state index contributed by atoms with van der Waals surface area (Å²) in [5.74, 6) is -7.73. The molecule has 1 aromatic rings. The van der Waals surface area contributed by atoms with Gasteiger partial charge in [-0.05, 0) is 18.9 Å². The fourth-order valence-electron chi connectivity index (χ4n) is 2.70. The first-order valence-electron chi connectivity index (χ1n) is 9.20. The number of carboxylic acids is 4. The predicted octanol–water partition coefficient (Wildman–Crippen LogP) is -0.658. The average Bonchev–Trinajstić information content (AvgIpc) is 2.72. The molecule has 2 unspecified atom stereocenters. The van der Waals surface area contributed by atoms with Crippen molar-refractivity contribution in [2.75, 3.05) is 0 Å². The molecular weight excluding hydrogens is 450 g/mol. The summed E-state index contributed by atoms with van der Waals surface area (Å²) < 4.78 is 4.88. The smallest absolute Gasteiger partial charge is 0.350 e. The van der Waals surface area contributed by atoms with E-state index in [2.05, 4.69) is 5.32 Å². The van der Waals surface area contributed by atoms with Gasteiger partial charge in [-0.2, -0.15) is 0 Å². The van der Waals surface area contributed by atoms with E-state index >= 15 is 0 Å². The third kappa shape index (κ3) is 8.15. The second-order valence-electron chi connectivity index (χ2n) is 6.69. The number of rotatable bonds is 14. The molecule has 33 heavy (non-hydrogen) atoms. The Bertz CT molecular complexity index is 934. The molecule has 7 N–H and O–H groups in total. The Hall–Kier alpha value is -4.11. The van der Waals surface area contributed by atoms with Crippen molar-refractivity contribution in [3.63, 3.8) is 0 Å². The summed E-state index contributed by atoms with van der Waals surface area (Å²) >= 11 is 0. The maximum atomic E-state index is 12.7. The van der Waals surface area contributed by atoms with E-state index < -0.39 is 89.5 Å². The number of benzene rings is 1. The van der Waals surface area contributed by atoms with E-state index in [1.165, 1.54) is 12.1 Å². The number of hydrogen-bond acceptors (Lipinski definition) is 10. The molecule has 4 atom stereocenters. The molecule has 15 heteroatoms. The van der Waals surface area contributed by atoms with E-state index in [-0.39, 0.29) is 0 Å². The molecule has 0 heterocycles. The molecule has 0 bridgehead atoms. The second-order valence-corrected chi connectivity index (χ2v) is 6.69. The van der Waals surface area contributed by atoms with Crippen LogP contribution in [0.4, 0.5) is 5.69 Å². The predicted molar refractivity (Wildman–Crippen MR) is 105 cm³/mol. The van der Waals surface area contributed by atoms with Gasteiger partial charge in [0.2, 0.25) is 6.10 Å². The number of ether oxygens (including phenoxy) is 1. The van der Waals surface area contributed by atoms with Crippen LogP contribution in [-0.4, -0.2) is 73.3 Å². The molecule has 0 aliphatic carbocycles. The molecule has 0 aliphatic rings. The summed E-state index contributed by atoms with van der Waals surface area (Å²) in [5, 5.41) is 49.9. The van der Waals surface area contributed by atoms with E-state index in [0.717, 1.165) is 12.1 Å². The Balaban J connectivity index is 3.22. The normalized spacial score (nSPS) is 14.3. The highest BCUT2D eigenvalue weighted by atomic mass is 16.6. The molecule has 0 saturated heterocycles. The summed E-state index contributed by atoms with van der Waals surface area (Å²) in [6.45, 7) is 0. The van der Waals surface area contributed by atoms with E-state index in [1.54, 1.807) is 0 Å². The van der Waals surface area contributed by atoms with Crippen molar-refractivity contribution in [3.05, 3.63) is 39.9 Å². The molecular formula is C18H21N3O12. The lowest BCUT2D eigenvalue weighted by Gasteiger charge is -2.24. The van der Waals surface area contributed by atoms with Gasteiger partial charge in [-0.1, -0.05) is 12.1 Å². The Morgan fingerprint density at radius 1 is 1.00 bits per heavy atom. The zero-order valence-electron chi connectivity index (χ0n) is 16.8. The van der Waals surface area contributed by atoms with Crippen molar-refractivity contribution >= 4 is 35.5 Å². The van der Waals surface area contributed by atoms with Crippen molar-refractivity contribution < 1.29 is 54.1 Å². The molecule has 0 fully saturated rings. The van der Waals surface area contributed by atoms with Gasteiger partial charge in [-0.15, -0.1) is 0 Å². The number of carbonyl (C=O) groups excluding carboxylic acids is 1. The largest absolute Gasteiger partial charge is 0.481 e. The summed E-state index contributed by atoms with van der Waals surface area (Å²) in [5.41, 5.74) is 4.17. The van der Waals surface area contributed by atoms with Crippen LogP contribution < -0.4 is 11.1 Å². The van der Waals surface area contributed by atoms with E-state index in [0.29, 0.717) is 0 Å². The number of nitrogens with zero attached hydrogens (tertiary/aromatic N) is 1. The van der Waals surface area contributed by atoms with Crippen LogP contribution in [0.3, 0.4) is 0 Å². The monoisotopic (exact) mass is 471 g/mol. The maximum Gasteiger partial charge on any atom is 0.350 e. The van der Waals surface area contributed by atoms with Crippen LogP contribution in [0.15, 0.2) is 24.3 Å². The molecule has 0 aromatic heterocycles. The Morgan fingerprint density at radius 3 is 2.09 bits per heavy atom. The third-order valence-electron chi connectivity index (χ3n) is 4.31. The SMILES string of the molecule is N[C@@H](CC(N[C@@H](CCC(=O)O)C(=O)OC(C(=O)O)c1ccccc1[N+](=O)[O-])C(=O)O)C(=O)O. The van der Waals surface area contributed by atoms with E-state index in [1.807, 2.05) is 0 Å². The van der Waals surface area contributed by atoms with Gasteiger partial charge in [0.15, 0.2) is 0 Å². The molecule has 0 aliphatic heterocycles. The number of carboxylic acid groups (broad SMARTS) is 4. The van der Waals surface area contributed by atoms with Crippen LogP contribution in [0, 0.1) is 10.1 Å². The summed E-state index contributed by atoms with van der Waals surface area (Å²) in [6.07, 6.45) is -4.11. The fourth-order valence-corrected chi connectivity index (χ4v) is 2.70. The van der Waals surface area contributed by atoms with Crippen LogP contribution >= 0.6 is 0 Å². The van der Waals surface area contributed by atoms with Gasteiger partial charge >= 0.3 is 29.8 Å². The van der Waals surface area contributed by atoms with Crippen LogP contribution in [0.25, 0.3) is 0 Å². The van der Waals surface area contributed by atoms with Crippen LogP contribution in [0.1, 0.15) is 30.9 Å². The summed E-state index contributed by atoms with van der Waals surface area (Å²) in [7, 11) is 0. The first-order valence-corrected chi connectivity index (χ1v) is 9.20. The fraction of sp³-hybridized carbons (Fsp3) is 0.389. The minimum Gasteiger partial charge on any atom is -0.481 e. The zero-order chi connectivity index (χ0) is 25.3. The van der Waals surface area contributed by atoms with Crippen molar-refractivity contribution in [1.29, 1.82) is 0 Å². The van der Waals surface area contributed by atoms with Gasteiger partial charge in [-0.3, -0.25) is 34.6 Å². The summed E-state index contributed by atoms with van der Waals surface area (Å²) in [4.78, 5) is 67.9. The number of aliphatic carboxylic acids is 4. The standard InChI is InChI=1S/C18H21N3O12/c19-9(15(24)25)7-11(16(26)27)20-10(5-6-13(22)23)18(30)33-14(17(28)29)8-3-1-2-4-12(8)21(31)32/h1-4,9-11,14,20H,5-7,19H2,(H,22,23)(H,24,25)(H,26,27)(H,28,29)/t9-,10-,11?,14?/m0/s1. The highest BCUT2D eigenvalue weighted by molar-refractivity contribution is 5.84. The van der Waals surface area contributed by atoms with Crippen LogP contribution in [0.5, 0.6) is 0 Å². The number of esters is 1. The number of nitrogens with one attached hydrogen (secondary N) is 1. The lowest BCUT2D eigenvalue weighted by molar-refractivity contribution is -0.386. The Kier molecular flexibility index (Phi) is 9.84.